The van der Waals surface area contributed by atoms with Crippen LogP contribution < -0.4 is 16.6 Å². The minimum atomic E-state index is -0.332. The quantitative estimate of drug-likeness (QED) is 0.615. The van der Waals surface area contributed by atoms with Crippen molar-refractivity contribution in [1.29, 1.82) is 0 Å². The molecule has 2 aliphatic heterocycles. The van der Waals surface area contributed by atoms with Crippen molar-refractivity contribution in [2.45, 2.75) is 43.6 Å². The number of thioether (sulfide) groups is 1. The molecule has 3 aromatic rings. The van der Waals surface area contributed by atoms with Gasteiger partial charge in [-0.25, -0.2) is 4.79 Å². The van der Waals surface area contributed by atoms with Crippen molar-refractivity contribution < 1.29 is 9.53 Å². The first kappa shape index (κ1) is 21.1. The maximum absolute atomic E-state index is 13.2. The third-order valence-electron chi connectivity index (χ3n) is 6.50. The zero-order chi connectivity index (χ0) is 22.8. The zero-order valence-corrected chi connectivity index (χ0v) is 19.4. The average molecular weight is 458 g/mol. The van der Waals surface area contributed by atoms with E-state index in [9.17, 15) is 14.4 Å². The van der Waals surface area contributed by atoms with E-state index in [0.29, 0.717) is 18.0 Å². The van der Waals surface area contributed by atoms with Gasteiger partial charge in [-0.05, 0) is 44.4 Å². The van der Waals surface area contributed by atoms with Crippen LogP contribution in [0.5, 0.6) is 0 Å². The molecule has 170 valence electrons. The number of amides is 1. The van der Waals surface area contributed by atoms with Gasteiger partial charge in [-0.15, -0.1) is 11.8 Å². The summed E-state index contributed by atoms with van der Waals surface area (Å²) in [7, 11) is 3.48. The number of hydrogen-bond acceptors (Lipinski definition) is 5. The monoisotopic (exact) mass is 457 g/mol. The summed E-state index contributed by atoms with van der Waals surface area (Å²) in [5.41, 5.74) is 2.44. The fraction of sp³-hybridized carbons (Fsp3) is 0.500. The SMILES string of the molecule is Cn1c(=O)n(C)c2cc(C3SCC(=O)Nc4c3c(=O)[nH]n4C3CCOC(C)(C)C3)ccc21. The molecule has 0 radical (unpaired) electrons. The number of carbonyl (C=O) groups is 1. The first-order valence-corrected chi connectivity index (χ1v) is 11.8. The van der Waals surface area contributed by atoms with Crippen molar-refractivity contribution in [3.05, 3.63) is 50.2 Å². The summed E-state index contributed by atoms with van der Waals surface area (Å²) in [4.78, 5) is 38.1. The van der Waals surface area contributed by atoms with E-state index in [-0.39, 0.29) is 39.8 Å². The molecule has 4 heterocycles. The number of nitrogens with one attached hydrogen (secondary N) is 2. The normalized spacial score (nSPS) is 23.1. The molecule has 2 unspecified atom stereocenters. The summed E-state index contributed by atoms with van der Waals surface area (Å²) < 4.78 is 10.9. The third kappa shape index (κ3) is 3.32. The Morgan fingerprint density at radius 1 is 1.12 bits per heavy atom. The number of aromatic nitrogens is 4. The Morgan fingerprint density at radius 2 is 1.88 bits per heavy atom. The van der Waals surface area contributed by atoms with Gasteiger partial charge < -0.3 is 10.1 Å². The molecule has 2 atom stereocenters. The number of carbonyl (C=O) groups excluding carboxylic acids is 1. The van der Waals surface area contributed by atoms with Gasteiger partial charge in [-0.2, -0.15) is 0 Å². The minimum absolute atomic E-state index is 0.0247. The Bertz CT molecular complexity index is 1340. The number of benzene rings is 1. The molecule has 5 rings (SSSR count). The number of aryl methyl sites for hydroxylation is 2. The molecule has 1 fully saturated rings. The van der Waals surface area contributed by atoms with E-state index < -0.39 is 0 Å². The van der Waals surface area contributed by atoms with Gasteiger partial charge in [0.05, 0.1) is 39.2 Å². The highest BCUT2D eigenvalue weighted by atomic mass is 32.2. The molecule has 0 spiro atoms. The smallest absolute Gasteiger partial charge is 0.328 e. The van der Waals surface area contributed by atoms with Crippen LogP contribution in [0, 0.1) is 0 Å². The van der Waals surface area contributed by atoms with Crippen LogP contribution in [0.1, 0.15) is 49.1 Å². The second-order valence-electron chi connectivity index (χ2n) is 9.22. The Kier molecular flexibility index (Phi) is 4.90. The zero-order valence-electron chi connectivity index (χ0n) is 18.6. The molecule has 0 bridgehead atoms. The Hall–Kier alpha value is -2.72. The van der Waals surface area contributed by atoms with Gasteiger partial charge in [-0.1, -0.05) is 6.07 Å². The highest BCUT2D eigenvalue weighted by Crippen LogP contribution is 2.42. The van der Waals surface area contributed by atoms with Crippen molar-refractivity contribution in [2.75, 3.05) is 17.7 Å². The van der Waals surface area contributed by atoms with Gasteiger partial charge in [0, 0.05) is 20.7 Å². The second-order valence-corrected chi connectivity index (χ2v) is 10.3. The molecule has 0 saturated carbocycles. The molecule has 9 nitrogen and oxygen atoms in total. The molecular formula is C22H27N5O4S. The summed E-state index contributed by atoms with van der Waals surface area (Å²) in [6, 6.07) is 5.81. The van der Waals surface area contributed by atoms with Crippen LogP contribution in [-0.4, -0.2) is 42.8 Å². The van der Waals surface area contributed by atoms with Crippen LogP contribution in [0.4, 0.5) is 5.82 Å². The van der Waals surface area contributed by atoms with Crippen molar-refractivity contribution in [2.24, 2.45) is 14.1 Å². The van der Waals surface area contributed by atoms with E-state index in [1.54, 1.807) is 23.2 Å². The Labute approximate surface area is 188 Å². The molecule has 2 aliphatic rings. The van der Waals surface area contributed by atoms with Crippen LogP contribution in [-0.2, 0) is 23.6 Å². The lowest BCUT2D eigenvalue weighted by atomic mass is 9.94. The average Bonchev–Trinajstić information content (AvgIpc) is 3.08. The van der Waals surface area contributed by atoms with Crippen molar-refractivity contribution in [3.63, 3.8) is 0 Å². The maximum atomic E-state index is 13.2. The molecule has 1 amide bonds. The molecule has 2 aromatic heterocycles. The van der Waals surface area contributed by atoms with Gasteiger partial charge in [0.2, 0.25) is 5.91 Å². The largest absolute Gasteiger partial charge is 0.375 e. The third-order valence-corrected chi connectivity index (χ3v) is 7.77. The van der Waals surface area contributed by atoms with E-state index in [0.717, 1.165) is 29.4 Å². The predicted octanol–water partition coefficient (Wildman–Crippen LogP) is 2.27. The van der Waals surface area contributed by atoms with Crippen LogP contribution in [0.25, 0.3) is 11.0 Å². The highest BCUT2D eigenvalue weighted by molar-refractivity contribution is 8.00. The Morgan fingerprint density at radius 3 is 2.62 bits per heavy atom. The van der Waals surface area contributed by atoms with Crippen LogP contribution >= 0.6 is 11.8 Å². The number of H-pyrrole nitrogens is 1. The van der Waals surface area contributed by atoms with E-state index in [2.05, 4.69) is 10.4 Å². The molecular weight excluding hydrogens is 430 g/mol. The topological polar surface area (TPSA) is 103 Å². The summed E-state index contributed by atoms with van der Waals surface area (Å²) in [6.45, 7) is 4.67. The van der Waals surface area contributed by atoms with E-state index in [1.807, 2.05) is 36.7 Å². The molecule has 10 heteroatoms. The number of anilines is 1. The number of aromatic amines is 1. The van der Waals surface area contributed by atoms with Crippen molar-refractivity contribution in [1.82, 2.24) is 18.9 Å². The number of imidazole rings is 1. The second kappa shape index (κ2) is 7.41. The predicted molar refractivity (Wildman–Crippen MR) is 124 cm³/mol. The lowest BCUT2D eigenvalue weighted by Crippen LogP contribution is -2.36. The number of nitrogens with zero attached hydrogens (tertiary/aromatic N) is 3. The lowest BCUT2D eigenvalue weighted by Gasteiger charge is -2.36. The molecule has 2 N–H and O–H groups in total. The van der Waals surface area contributed by atoms with Gasteiger partial charge in [-0.3, -0.25) is 28.5 Å². The van der Waals surface area contributed by atoms with Gasteiger partial charge in [0.1, 0.15) is 5.82 Å². The highest BCUT2D eigenvalue weighted by Gasteiger charge is 2.36. The fourth-order valence-corrected chi connectivity index (χ4v) is 6.00. The van der Waals surface area contributed by atoms with E-state index in [4.69, 9.17) is 4.74 Å². The van der Waals surface area contributed by atoms with Crippen LogP contribution in [0.3, 0.4) is 0 Å². The fourth-order valence-electron chi connectivity index (χ4n) is 4.89. The van der Waals surface area contributed by atoms with Crippen molar-refractivity contribution >= 4 is 34.5 Å². The van der Waals surface area contributed by atoms with Gasteiger partial charge in [0.25, 0.3) is 5.56 Å². The first-order chi connectivity index (χ1) is 15.2. The summed E-state index contributed by atoms with van der Waals surface area (Å²) in [5.74, 6) is 0.648. The molecule has 1 aromatic carbocycles. The van der Waals surface area contributed by atoms with Gasteiger partial charge >= 0.3 is 5.69 Å². The number of hydrogen-bond donors (Lipinski definition) is 2. The van der Waals surface area contributed by atoms with Crippen molar-refractivity contribution in [3.8, 4) is 0 Å². The number of ether oxygens (including phenoxy) is 1. The van der Waals surface area contributed by atoms with E-state index in [1.165, 1.54) is 11.8 Å². The summed E-state index contributed by atoms with van der Waals surface area (Å²) >= 11 is 1.42. The Balaban J connectivity index is 1.64. The lowest BCUT2D eigenvalue weighted by molar-refractivity contribution is -0.113. The number of rotatable bonds is 2. The molecule has 1 saturated heterocycles. The standard InChI is InChI=1S/C22H27N5O4S/c1-22(2)10-13(7-8-31-22)27-19-17(20(29)24-27)18(32-11-16(28)23-19)12-5-6-14-15(9-12)26(4)21(30)25(14)3/h5-6,9,13,18H,7-8,10-11H2,1-4H3,(H,23,28)(H,24,29). The van der Waals surface area contributed by atoms with E-state index >= 15 is 0 Å². The summed E-state index contributed by atoms with van der Waals surface area (Å²) in [5, 5.41) is 5.63. The molecule has 32 heavy (non-hydrogen) atoms. The minimum Gasteiger partial charge on any atom is -0.375 e. The molecule has 0 aliphatic carbocycles. The van der Waals surface area contributed by atoms with Crippen LogP contribution in [0.15, 0.2) is 27.8 Å². The first-order valence-electron chi connectivity index (χ1n) is 10.7. The van der Waals surface area contributed by atoms with Crippen LogP contribution in [0.2, 0.25) is 0 Å². The summed E-state index contributed by atoms with van der Waals surface area (Å²) in [6.07, 6.45) is 1.49. The van der Waals surface area contributed by atoms with Gasteiger partial charge in [0.15, 0.2) is 0 Å². The number of fused-ring (bicyclic) bond motifs is 2. The maximum Gasteiger partial charge on any atom is 0.328 e.